The lowest BCUT2D eigenvalue weighted by Crippen LogP contribution is -2.15. The summed E-state index contributed by atoms with van der Waals surface area (Å²) in [6, 6.07) is 9.88. The Morgan fingerprint density at radius 1 is 1.08 bits per heavy atom. The van der Waals surface area contributed by atoms with E-state index in [4.69, 9.17) is 21.1 Å². The zero-order valence-electron chi connectivity index (χ0n) is 14.8. The molecule has 5 heteroatoms. The lowest BCUT2D eigenvalue weighted by Gasteiger charge is -2.14. The number of ether oxygens (including phenoxy) is 2. The molecule has 0 heterocycles. The summed E-state index contributed by atoms with van der Waals surface area (Å²) >= 11 is 6.38. The highest BCUT2D eigenvalue weighted by molar-refractivity contribution is 6.31. The fourth-order valence-corrected chi connectivity index (χ4v) is 2.67. The Labute approximate surface area is 154 Å². The van der Waals surface area contributed by atoms with Gasteiger partial charge in [-0.25, -0.2) is 4.39 Å². The van der Waals surface area contributed by atoms with Crippen LogP contribution in [0.4, 0.5) is 4.39 Å². The molecule has 0 aromatic heterocycles. The van der Waals surface area contributed by atoms with Crippen LogP contribution in [0.5, 0.6) is 11.5 Å². The zero-order valence-corrected chi connectivity index (χ0v) is 15.5. The van der Waals surface area contributed by atoms with Crippen LogP contribution in [-0.4, -0.2) is 13.7 Å². The number of benzene rings is 2. The van der Waals surface area contributed by atoms with E-state index in [-0.39, 0.29) is 5.82 Å². The topological polar surface area (TPSA) is 30.5 Å². The zero-order chi connectivity index (χ0) is 18.1. The maximum Gasteiger partial charge on any atom is 0.163 e. The summed E-state index contributed by atoms with van der Waals surface area (Å²) in [5, 5.41) is 4.03. The van der Waals surface area contributed by atoms with E-state index in [1.807, 2.05) is 6.07 Å². The van der Waals surface area contributed by atoms with Crippen LogP contribution in [0.1, 0.15) is 37.3 Å². The van der Waals surface area contributed by atoms with Crippen molar-refractivity contribution in [3.8, 4) is 11.5 Å². The highest BCUT2D eigenvalue weighted by atomic mass is 35.5. The monoisotopic (exact) mass is 365 g/mol. The molecular weight excluding hydrogens is 341 g/mol. The van der Waals surface area contributed by atoms with Crippen molar-refractivity contribution in [1.82, 2.24) is 5.32 Å². The third kappa shape index (κ3) is 6.22. The fourth-order valence-electron chi connectivity index (χ4n) is 2.45. The van der Waals surface area contributed by atoms with E-state index in [1.165, 1.54) is 25.0 Å². The Bertz CT molecular complexity index is 661. The molecule has 0 aliphatic heterocycles. The second kappa shape index (κ2) is 10.3. The Kier molecular flexibility index (Phi) is 8.02. The Morgan fingerprint density at radius 3 is 2.52 bits per heavy atom. The summed E-state index contributed by atoms with van der Waals surface area (Å²) in [6.07, 6.45) is 3.58. The van der Waals surface area contributed by atoms with Gasteiger partial charge >= 0.3 is 0 Å². The minimum Gasteiger partial charge on any atom is -0.493 e. The molecule has 136 valence electrons. The van der Waals surface area contributed by atoms with Crippen LogP contribution in [0.25, 0.3) is 0 Å². The summed E-state index contributed by atoms with van der Waals surface area (Å²) in [7, 11) is 1.60. The minimum absolute atomic E-state index is 0.264. The molecule has 0 unspecified atom stereocenters. The van der Waals surface area contributed by atoms with Crippen LogP contribution >= 0.6 is 11.6 Å². The van der Waals surface area contributed by atoms with E-state index < -0.39 is 0 Å². The van der Waals surface area contributed by atoms with Crippen molar-refractivity contribution in [2.75, 3.05) is 13.7 Å². The van der Waals surface area contributed by atoms with Crippen LogP contribution in [-0.2, 0) is 13.2 Å². The molecule has 25 heavy (non-hydrogen) atoms. The molecular formula is C20H25ClFNO2. The first kappa shape index (κ1) is 19.5. The van der Waals surface area contributed by atoms with Gasteiger partial charge in [-0.3, -0.25) is 0 Å². The van der Waals surface area contributed by atoms with Crippen molar-refractivity contribution >= 4 is 11.6 Å². The standard InChI is InChI=1S/C20H25ClFNO2/c1-3-4-5-10-23-13-16-11-19(24-2)20(12-18(16)21)25-14-15-6-8-17(22)9-7-15/h6-9,11-12,23H,3-5,10,13-14H2,1-2H3. The van der Waals surface area contributed by atoms with Gasteiger partial charge in [-0.2, -0.15) is 0 Å². The molecule has 0 spiro atoms. The molecule has 2 rings (SSSR count). The summed E-state index contributed by atoms with van der Waals surface area (Å²) in [6.45, 7) is 4.17. The molecule has 0 fully saturated rings. The predicted octanol–water partition coefficient (Wildman–Crippen LogP) is 5.35. The molecule has 0 radical (unpaired) electrons. The van der Waals surface area contributed by atoms with E-state index in [0.717, 1.165) is 24.1 Å². The van der Waals surface area contributed by atoms with Crippen molar-refractivity contribution in [2.45, 2.75) is 39.3 Å². The lowest BCUT2D eigenvalue weighted by atomic mass is 10.2. The quantitative estimate of drug-likeness (QED) is 0.576. The van der Waals surface area contributed by atoms with Gasteiger partial charge < -0.3 is 14.8 Å². The third-order valence-electron chi connectivity index (χ3n) is 3.91. The van der Waals surface area contributed by atoms with Crippen LogP contribution in [0, 0.1) is 5.82 Å². The predicted molar refractivity (Wildman–Crippen MR) is 100.0 cm³/mol. The van der Waals surface area contributed by atoms with E-state index in [1.54, 1.807) is 25.3 Å². The van der Waals surface area contributed by atoms with Crippen LogP contribution in [0.15, 0.2) is 36.4 Å². The first-order chi connectivity index (χ1) is 12.1. The average Bonchev–Trinajstić information content (AvgIpc) is 2.62. The van der Waals surface area contributed by atoms with E-state index >= 15 is 0 Å². The van der Waals surface area contributed by atoms with Crippen LogP contribution < -0.4 is 14.8 Å². The average molecular weight is 366 g/mol. The van der Waals surface area contributed by atoms with Gasteiger partial charge in [0.2, 0.25) is 0 Å². The number of nitrogens with one attached hydrogen (secondary N) is 1. The maximum atomic E-state index is 13.0. The van der Waals surface area contributed by atoms with Crippen LogP contribution in [0.2, 0.25) is 5.02 Å². The van der Waals surface area contributed by atoms with Gasteiger partial charge in [-0.05, 0) is 42.3 Å². The van der Waals surface area contributed by atoms with Gasteiger partial charge in [0.1, 0.15) is 12.4 Å². The molecule has 0 atom stereocenters. The number of hydrogen-bond acceptors (Lipinski definition) is 3. The first-order valence-corrected chi connectivity index (χ1v) is 8.96. The highest BCUT2D eigenvalue weighted by Crippen LogP contribution is 2.34. The molecule has 2 aromatic carbocycles. The smallest absolute Gasteiger partial charge is 0.163 e. The summed E-state index contributed by atoms with van der Waals surface area (Å²) < 4.78 is 24.2. The van der Waals surface area contributed by atoms with Gasteiger partial charge in [-0.15, -0.1) is 0 Å². The van der Waals surface area contributed by atoms with Gasteiger partial charge in [0, 0.05) is 17.6 Å². The minimum atomic E-state index is -0.264. The number of methoxy groups -OCH3 is 1. The van der Waals surface area contributed by atoms with Crippen molar-refractivity contribution < 1.29 is 13.9 Å². The summed E-state index contributed by atoms with van der Waals surface area (Å²) in [5.41, 5.74) is 1.85. The second-order valence-corrected chi connectivity index (χ2v) is 6.30. The van der Waals surface area contributed by atoms with Gasteiger partial charge in [0.15, 0.2) is 11.5 Å². The molecule has 1 N–H and O–H groups in total. The van der Waals surface area contributed by atoms with Crippen molar-refractivity contribution in [3.05, 3.63) is 58.4 Å². The SMILES string of the molecule is CCCCCNCc1cc(OC)c(OCc2ccc(F)cc2)cc1Cl. The molecule has 0 saturated carbocycles. The highest BCUT2D eigenvalue weighted by Gasteiger charge is 2.11. The molecule has 0 bridgehead atoms. The summed E-state index contributed by atoms with van der Waals surface area (Å²) in [5.74, 6) is 0.948. The number of rotatable bonds is 10. The van der Waals surface area contributed by atoms with Crippen molar-refractivity contribution in [1.29, 1.82) is 0 Å². The Balaban J connectivity index is 1.98. The number of unbranched alkanes of at least 4 members (excludes halogenated alkanes) is 2. The van der Waals surface area contributed by atoms with Gasteiger partial charge in [0.25, 0.3) is 0 Å². The molecule has 0 aliphatic carbocycles. The molecule has 0 amide bonds. The van der Waals surface area contributed by atoms with Crippen molar-refractivity contribution in [3.63, 3.8) is 0 Å². The molecule has 3 nitrogen and oxygen atoms in total. The number of hydrogen-bond donors (Lipinski definition) is 1. The maximum absolute atomic E-state index is 13.0. The van der Waals surface area contributed by atoms with Gasteiger partial charge in [0.05, 0.1) is 7.11 Å². The molecule has 2 aromatic rings. The van der Waals surface area contributed by atoms with E-state index in [2.05, 4.69) is 12.2 Å². The van der Waals surface area contributed by atoms with E-state index in [9.17, 15) is 4.39 Å². The fraction of sp³-hybridized carbons (Fsp3) is 0.400. The Morgan fingerprint density at radius 2 is 1.84 bits per heavy atom. The molecule has 0 aliphatic rings. The van der Waals surface area contributed by atoms with Gasteiger partial charge in [-0.1, -0.05) is 43.5 Å². The van der Waals surface area contributed by atoms with E-state index in [0.29, 0.717) is 29.7 Å². The first-order valence-electron chi connectivity index (χ1n) is 8.58. The third-order valence-corrected chi connectivity index (χ3v) is 4.26. The second-order valence-electron chi connectivity index (χ2n) is 5.89. The van der Waals surface area contributed by atoms with Crippen LogP contribution in [0.3, 0.4) is 0 Å². The lowest BCUT2D eigenvalue weighted by molar-refractivity contribution is 0.284. The molecule has 0 saturated heterocycles. The Hall–Kier alpha value is -1.78. The summed E-state index contributed by atoms with van der Waals surface area (Å²) in [4.78, 5) is 0. The normalized spacial score (nSPS) is 10.7. The number of halogens is 2. The van der Waals surface area contributed by atoms with Crippen molar-refractivity contribution in [2.24, 2.45) is 0 Å². The largest absolute Gasteiger partial charge is 0.493 e.